The Balaban J connectivity index is 1.81. The molecule has 178 valence electrons. The van der Waals surface area contributed by atoms with Crippen molar-refractivity contribution in [2.45, 2.75) is 32.1 Å². The molecule has 0 aromatic heterocycles. The smallest absolute Gasteiger partial charge is 0.325 e. The van der Waals surface area contributed by atoms with Gasteiger partial charge in [0.2, 0.25) is 10.0 Å². The van der Waals surface area contributed by atoms with Gasteiger partial charge in [-0.2, -0.15) is 4.31 Å². The molecule has 0 spiro atoms. The van der Waals surface area contributed by atoms with Crippen molar-refractivity contribution in [1.29, 1.82) is 0 Å². The van der Waals surface area contributed by atoms with E-state index >= 15 is 0 Å². The summed E-state index contributed by atoms with van der Waals surface area (Å²) >= 11 is 0. The van der Waals surface area contributed by atoms with Gasteiger partial charge in [-0.15, -0.1) is 0 Å². The molecule has 2 N–H and O–H groups in total. The largest absolute Gasteiger partial charge is 0.454 e. The Morgan fingerprint density at radius 2 is 1.52 bits per heavy atom. The molecule has 0 saturated heterocycles. The Bertz CT molecular complexity index is 1060. The van der Waals surface area contributed by atoms with Crippen molar-refractivity contribution in [2.24, 2.45) is 0 Å². The van der Waals surface area contributed by atoms with Crippen molar-refractivity contribution < 1.29 is 27.5 Å². The lowest BCUT2D eigenvalue weighted by molar-refractivity contribution is -0.146. The summed E-state index contributed by atoms with van der Waals surface area (Å²) in [4.78, 5) is 36.1. The molecule has 0 radical (unpaired) electrons. The minimum atomic E-state index is -3.62. The number of amides is 2. The highest BCUT2D eigenvalue weighted by molar-refractivity contribution is 7.89. The molecule has 0 fully saturated rings. The first kappa shape index (κ1) is 26.0. The third kappa shape index (κ3) is 7.40. The topological polar surface area (TPSA) is 122 Å². The molecule has 33 heavy (non-hydrogen) atoms. The lowest BCUT2D eigenvalue weighted by atomic mass is 10.1. The van der Waals surface area contributed by atoms with Crippen molar-refractivity contribution in [3.63, 3.8) is 0 Å². The van der Waals surface area contributed by atoms with Crippen LogP contribution >= 0.6 is 0 Å². The van der Waals surface area contributed by atoms with E-state index in [0.29, 0.717) is 18.8 Å². The summed E-state index contributed by atoms with van der Waals surface area (Å²) in [7, 11) is -3.62. The molecule has 0 aliphatic rings. The van der Waals surface area contributed by atoms with E-state index in [0.717, 1.165) is 12.0 Å². The quantitative estimate of drug-likeness (QED) is 0.481. The molecule has 0 aliphatic carbocycles. The van der Waals surface area contributed by atoms with Crippen LogP contribution in [0.4, 0.5) is 5.69 Å². The van der Waals surface area contributed by atoms with Gasteiger partial charge >= 0.3 is 5.97 Å². The van der Waals surface area contributed by atoms with Gasteiger partial charge in [0.25, 0.3) is 11.8 Å². The maximum Gasteiger partial charge on any atom is 0.325 e. The third-order valence-corrected chi connectivity index (χ3v) is 6.93. The standard InChI is InChI=1S/C23H29N3O6S/c1-4-17-7-11-19(12-8-17)25-21(27)16-32-22(28)15-24-23(29)18-9-13-20(14-10-18)33(30,31)26(5-2)6-3/h7-14H,4-6,15-16H2,1-3H3,(H,24,29)(H,25,27). The Hall–Kier alpha value is -3.24. The number of esters is 1. The number of hydrogen-bond acceptors (Lipinski definition) is 6. The highest BCUT2D eigenvalue weighted by atomic mass is 32.2. The number of anilines is 1. The number of ether oxygens (including phenoxy) is 1. The lowest BCUT2D eigenvalue weighted by Gasteiger charge is -2.18. The number of sulfonamides is 1. The molecule has 9 nitrogen and oxygen atoms in total. The zero-order chi connectivity index (χ0) is 24.4. The van der Waals surface area contributed by atoms with Crippen LogP contribution in [0, 0.1) is 0 Å². The van der Waals surface area contributed by atoms with E-state index in [9.17, 15) is 22.8 Å². The number of benzene rings is 2. The number of nitrogens with one attached hydrogen (secondary N) is 2. The van der Waals surface area contributed by atoms with Crippen molar-refractivity contribution in [3.05, 3.63) is 59.7 Å². The SMILES string of the molecule is CCc1ccc(NC(=O)COC(=O)CNC(=O)c2ccc(S(=O)(=O)N(CC)CC)cc2)cc1. The predicted octanol–water partition coefficient (Wildman–Crippen LogP) is 2.19. The van der Waals surface area contributed by atoms with Gasteiger partial charge in [0.05, 0.1) is 4.90 Å². The number of carbonyl (C=O) groups excluding carboxylic acids is 3. The van der Waals surface area contributed by atoms with Crippen LogP contribution in [0.2, 0.25) is 0 Å². The molecule has 2 amide bonds. The van der Waals surface area contributed by atoms with Crippen molar-refractivity contribution in [2.75, 3.05) is 31.6 Å². The zero-order valence-corrected chi connectivity index (χ0v) is 19.8. The monoisotopic (exact) mass is 475 g/mol. The van der Waals surface area contributed by atoms with Gasteiger partial charge in [0.15, 0.2) is 6.61 Å². The van der Waals surface area contributed by atoms with Crippen LogP contribution in [-0.2, 0) is 30.8 Å². The average Bonchev–Trinajstić information content (AvgIpc) is 2.82. The molecule has 0 aliphatic heterocycles. The highest BCUT2D eigenvalue weighted by Crippen LogP contribution is 2.16. The van der Waals surface area contributed by atoms with Gasteiger partial charge in [-0.25, -0.2) is 8.42 Å². The summed E-state index contributed by atoms with van der Waals surface area (Å²) in [6.45, 7) is 5.28. The Kier molecular flexibility index (Phi) is 9.56. The molecule has 0 bridgehead atoms. The number of hydrogen-bond donors (Lipinski definition) is 2. The molecule has 2 rings (SSSR count). The highest BCUT2D eigenvalue weighted by Gasteiger charge is 2.21. The van der Waals surface area contributed by atoms with Gasteiger partial charge in [0.1, 0.15) is 6.54 Å². The van der Waals surface area contributed by atoms with Crippen LogP contribution in [0.5, 0.6) is 0 Å². The first-order valence-electron chi connectivity index (χ1n) is 10.6. The van der Waals surface area contributed by atoms with Crippen molar-refractivity contribution in [3.8, 4) is 0 Å². The molecule has 0 atom stereocenters. The second kappa shape index (κ2) is 12.1. The third-order valence-electron chi connectivity index (χ3n) is 4.86. The molecule has 2 aromatic carbocycles. The van der Waals surface area contributed by atoms with Crippen LogP contribution in [0.25, 0.3) is 0 Å². The van der Waals surface area contributed by atoms with E-state index in [1.165, 1.54) is 28.6 Å². The van der Waals surface area contributed by atoms with Crippen LogP contribution in [-0.4, -0.2) is 56.7 Å². The first-order chi connectivity index (χ1) is 15.7. The zero-order valence-electron chi connectivity index (χ0n) is 19.0. The summed E-state index contributed by atoms with van der Waals surface area (Å²) in [6.07, 6.45) is 0.886. The molecular formula is C23H29N3O6S. The van der Waals surface area contributed by atoms with E-state index in [1.54, 1.807) is 26.0 Å². The lowest BCUT2D eigenvalue weighted by Crippen LogP contribution is -2.32. The van der Waals surface area contributed by atoms with Crippen molar-refractivity contribution >= 4 is 33.5 Å². The van der Waals surface area contributed by atoms with E-state index in [1.807, 2.05) is 19.1 Å². The number of aryl methyl sites for hydroxylation is 1. The number of carbonyl (C=O) groups is 3. The first-order valence-corrected chi connectivity index (χ1v) is 12.1. The Labute approximate surface area is 194 Å². The van der Waals surface area contributed by atoms with Crippen molar-refractivity contribution in [1.82, 2.24) is 9.62 Å². The van der Waals surface area contributed by atoms with Gasteiger partial charge in [-0.1, -0.05) is 32.9 Å². The minimum absolute atomic E-state index is 0.0810. The fraction of sp³-hybridized carbons (Fsp3) is 0.348. The summed E-state index contributed by atoms with van der Waals surface area (Å²) in [5.41, 5.74) is 1.91. The molecular weight excluding hydrogens is 446 g/mol. The van der Waals surface area contributed by atoms with Crippen LogP contribution in [0.15, 0.2) is 53.4 Å². The summed E-state index contributed by atoms with van der Waals surface area (Å²) < 4.78 is 31.2. The maximum atomic E-state index is 12.5. The van der Waals surface area contributed by atoms with E-state index in [-0.39, 0.29) is 10.5 Å². The minimum Gasteiger partial charge on any atom is -0.454 e. The van der Waals surface area contributed by atoms with Gasteiger partial charge in [-0.3, -0.25) is 14.4 Å². The Morgan fingerprint density at radius 3 is 2.06 bits per heavy atom. The number of nitrogens with zero attached hydrogens (tertiary/aromatic N) is 1. The molecule has 0 heterocycles. The summed E-state index contributed by atoms with van der Waals surface area (Å²) in [5, 5.41) is 5.00. The second-order valence-corrected chi connectivity index (χ2v) is 8.99. The van der Waals surface area contributed by atoms with Gasteiger partial charge in [-0.05, 0) is 48.4 Å². The van der Waals surface area contributed by atoms with Crippen LogP contribution in [0.3, 0.4) is 0 Å². The molecule has 10 heteroatoms. The fourth-order valence-electron chi connectivity index (χ4n) is 2.96. The van der Waals surface area contributed by atoms with Crippen LogP contribution < -0.4 is 10.6 Å². The Morgan fingerprint density at radius 1 is 0.909 bits per heavy atom. The van der Waals surface area contributed by atoms with Gasteiger partial charge < -0.3 is 15.4 Å². The van der Waals surface area contributed by atoms with E-state index < -0.39 is 41.0 Å². The molecule has 0 saturated carbocycles. The number of rotatable bonds is 11. The van der Waals surface area contributed by atoms with E-state index in [2.05, 4.69) is 10.6 Å². The second-order valence-electron chi connectivity index (χ2n) is 7.06. The average molecular weight is 476 g/mol. The summed E-state index contributed by atoms with van der Waals surface area (Å²) in [6, 6.07) is 12.7. The van der Waals surface area contributed by atoms with E-state index in [4.69, 9.17) is 4.74 Å². The normalized spacial score (nSPS) is 11.2. The van der Waals surface area contributed by atoms with Crippen LogP contribution in [0.1, 0.15) is 36.7 Å². The molecule has 2 aromatic rings. The maximum absolute atomic E-state index is 12.5. The molecule has 0 unspecified atom stereocenters. The predicted molar refractivity (Wildman–Crippen MR) is 124 cm³/mol. The summed E-state index contributed by atoms with van der Waals surface area (Å²) in [5.74, 6) is -1.84. The fourth-order valence-corrected chi connectivity index (χ4v) is 4.42. The van der Waals surface area contributed by atoms with Gasteiger partial charge in [0, 0.05) is 24.3 Å².